The molecule has 0 aliphatic heterocycles. The van der Waals surface area contributed by atoms with Gasteiger partial charge in [-0.15, -0.1) is 0 Å². The van der Waals surface area contributed by atoms with E-state index in [9.17, 15) is 4.79 Å². The topological polar surface area (TPSA) is 38.3 Å². The molecule has 1 amide bonds. The van der Waals surface area contributed by atoms with Crippen molar-refractivity contribution < 1.29 is 9.53 Å². The van der Waals surface area contributed by atoms with Crippen molar-refractivity contribution in [3.05, 3.63) is 35.8 Å². The summed E-state index contributed by atoms with van der Waals surface area (Å²) < 4.78 is 5.31. The van der Waals surface area contributed by atoms with Gasteiger partial charge in [-0.3, -0.25) is 4.79 Å². The first-order valence-corrected chi connectivity index (χ1v) is 6.40. The van der Waals surface area contributed by atoms with E-state index in [0.29, 0.717) is 23.8 Å². The molecule has 3 nitrogen and oxygen atoms in total. The summed E-state index contributed by atoms with van der Waals surface area (Å²) in [6, 6.07) is 0. The Morgan fingerprint density at radius 3 is 2.44 bits per heavy atom. The molecule has 1 aliphatic carbocycles. The zero-order chi connectivity index (χ0) is 14.2. The van der Waals surface area contributed by atoms with Crippen LogP contribution in [0.15, 0.2) is 35.8 Å². The number of amides is 1. The summed E-state index contributed by atoms with van der Waals surface area (Å²) in [5.41, 5.74) is 0.631. The standard InChI is InChI=1S/C13H19NO2.C2H6/c1-10(2)13(3)7-5-6-11(14-9-15)12(8-13)16-4;1-2/h5-10H,1-4H3,(H,14,15);1-2H3. The number of carbonyl (C=O) groups excluding carboxylic acids is 1. The van der Waals surface area contributed by atoms with Gasteiger partial charge >= 0.3 is 0 Å². The molecule has 0 saturated carbocycles. The molecule has 1 unspecified atom stereocenters. The Labute approximate surface area is 111 Å². The van der Waals surface area contributed by atoms with Crippen LogP contribution in [0.2, 0.25) is 0 Å². The van der Waals surface area contributed by atoms with E-state index in [2.05, 4.69) is 32.2 Å². The van der Waals surface area contributed by atoms with Crippen molar-refractivity contribution >= 4 is 6.41 Å². The van der Waals surface area contributed by atoms with Crippen molar-refractivity contribution in [1.29, 1.82) is 0 Å². The maximum Gasteiger partial charge on any atom is 0.211 e. The minimum Gasteiger partial charge on any atom is -0.495 e. The van der Waals surface area contributed by atoms with E-state index in [0.717, 1.165) is 0 Å². The van der Waals surface area contributed by atoms with Crippen LogP contribution in [-0.4, -0.2) is 13.5 Å². The second kappa shape index (κ2) is 7.75. The molecule has 1 rings (SSSR count). The molecule has 3 heteroatoms. The van der Waals surface area contributed by atoms with Crippen LogP contribution < -0.4 is 5.32 Å². The molecule has 0 aromatic carbocycles. The zero-order valence-electron chi connectivity index (χ0n) is 12.3. The van der Waals surface area contributed by atoms with E-state index in [4.69, 9.17) is 4.74 Å². The van der Waals surface area contributed by atoms with Gasteiger partial charge in [-0.2, -0.15) is 0 Å². The zero-order valence-corrected chi connectivity index (χ0v) is 12.3. The largest absolute Gasteiger partial charge is 0.495 e. The van der Waals surface area contributed by atoms with Crippen molar-refractivity contribution in [2.45, 2.75) is 34.6 Å². The van der Waals surface area contributed by atoms with Crippen molar-refractivity contribution in [2.75, 3.05) is 7.11 Å². The summed E-state index contributed by atoms with van der Waals surface area (Å²) in [4.78, 5) is 10.5. The van der Waals surface area contributed by atoms with Gasteiger partial charge in [-0.25, -0.2) is 0 Å². The van der Waals surface area contributed by atoms with E-state index in [1.807, 2.05) is 32.1 Å². The molecule has 0 fully saturated rings. The molecule has 102 valence electrons. The molecule has 0 bridgehead atoms. The highest BCUT2D eigenvalue weighted by Gasteiger charge is 2.26. The Hall–Kier alpha value is -1.51. The van der Waals surface area contributed by atoms with E-state index in [1.165, 1.54) is 0 Å². The molecule has 18 heavy (non-hydrogen) atoms. The van der Waals surface area contributed by atoms with E-state index < -0.39 is 0 Å². The van der Waals surface area contributed by atoms with Gasteiger partial charge in [-0.1, -0.05) is 46.8 Å². The second-order valence-electron chi connectivity index (χ2n) is 4.44. The molecule has 0 aromatic heterocycles. The van der Waals surface area contributed by atoms with E-state index >= 15 is 0 Å². The van der Waals surface area contributed by atoms with Gasteiger partial charge in [-0.05, 0) is 18.1 Å². The summed E-state index contributed by atoms with van der Waals surface area (Å²) in [5.74, 6) is 1.16. The maximum atomic E-state index is 10.5. The van der Waals surface area contributed by atoms with Crippen molar-refractivity contribution in [3.8, 4) is 0 Å². The average Bonchev–Trinajstić information content (AvgIpc) is 2.53. The Morgan fingerprint density at radius 1 is 1.39 bits per heavy atom. The predicted molar refractivity (Wildman–Crippen MR) is 75.8 cm³/mol. The SMILES string of the molecule is CC.COC1=CC(C)(C(C)C)C=CC=C1NC=O. The monoisotopic (exact) mass is 251 g/mol. The molecular formula is C15H25NO2. The Bertz CT molecular complexity index is 354. The molecule has 0 radical (unpaired) electrons. The fourth-order valence-corrected chi connectivity index (χ4v) is 1.55. The summed E-state index contributed by atoms with van der Waals surface area (Å²) >= 11 is 0. The van der Waals surface area contributed by atoms with Crippen LogP contribution in [0, 0.1) is 11.3 Å². The van der Waals surface area contributed by atoms with E-state index in [-0.39, 0.29) is 5.41 Å². The Balaban J connectivity index is 0.00000137. The predicted octanol–water partition coefficient (Wildman–Crippen LogP) is 3.40. The lowest BCUT2D eigenvalue weighted by Crippen LogP contribution is -2.20. The first-order valence-electron chi connectivity index (χ1n) is 6.40. The van der Waals surface area contributed by atoms with Gasteiger partial charge in [0.15, 0.2) is 0 Å². The molecule has 0 saturated heterocycles. The number of methoxy groups -OCH3 is 1. The Kier molecular flexibility index (Phi) is 7.10. The lowest BCUT2D eigenvalue weighted by Gasteiger charge is -2.27. The summed E-state index contributed by atoms with van der Waals surface area (Å²) in [5, 5.41) is 2.64. The molecule has 0 heterocycles. The highest BCUT2D eigenvalue weighted by Crippen LogP contribution is 2.34. The maximum absolute atomic E-state index is 10.5. The van der Waals surface area contributed by atoms with Crippen molar-refractivity contribution in [1.82, 2.24) is 5.32 Å². The smallest absolute Gasteiger partial charge is 0.211 e. The molecule has 1 N–H and O–H groups in total. The third-order valence-electron chi connectivity index (χ3n) is 3.10. The minimum absolute atomic E-state index is 0.0614. The molecular weight excluding hydrogens is 226 g/mol. The van der Waals surface area contributed by atoms with Crippen LogP contribution in [0.25, 0.3) is 0 Å². The molecule has 0 aromatic rings. The van der Waals surface area contributed by atoms with Crippen LogP contribution in [0.3, 0.4) is 0 Å². The Morgan fingerprint density at radius 2 is 2.00 bits per heavy atom. The van der Waals surface area contributed by atoms with Crippen LogP contribution in [-0.2, 0) is 9.53 Å². The fraction of sp³-hybridized carbons (Fsp3) is 0.533. The highest BCUT2D eigenvalue weighted by molar-refractivity contribution is 5.54. The first-order chi connectivity index (χ1) is 8.53. The lowest BCUT2D eigenvalue weighted by molar-refractivity contribution is -0.109. The van der Waals surface area contributed by atoms with Crippen LogP contribution in [0.1, 0.15) is 34.6 Å². The number of allylic oxidation sites excluding steroid dienone is 4. The van der Waals surface area contributed by atoms with Gasteiger partial charge in [0.2, 0.25) is 6.41 Å². The van der Waals surface area contributed by atoms with Gasteiger partial charge in [0.05, 0.1) is 12.8 Å². The molecule has 1 aliphatic rings. The number of carbonyl (C=O) groups is 1. The highest BCUT2D eigenvalue weighted by atomic mass is 16.5. The number of hydrogen-bond acceptors (Lipinski definition) is 2. The lowest BCUT2D eigenvalue weighted by atomic mass is 9.78. The van der Waals surface area contributed by atoms with Gasteiger partial charge < -0.3 is 10.1 Å². The van der Waals surface area contributed by atoms with E-state index in [1.54, 1.807) is 7.11 Å². The van der Waals surface area contributed by atoms with Crippen LogP contribution in [0.5, 0.6) is 0 Å². The minimum atomic E-state index is -0.0614. The van der Waals surface area contributed by atoms with Gasteiger partial charge in [0.25, 0.3) is 0 Å². The molecule has 1 atom stereocenters. The average molecular weight is 251 g/mol. The summed E-state index contributed by atoms with van der Waals surface area (Å²) in [6.45, 7) is 10.5. The van der Waals surface area contributed by atoms with Crippen LogP contribution >= 0.6 is 0 Å². The summed E-state index contributed by atoms with van der Waals surface area (Å²) in [7, 11) is 1.61. The first kappa shape index (κ1) is 16.5. The number of nitrogens with one attached hydrogen (secondary N) is 1. The number of ether oxygens (including phenoxy) is 1. The van der Waals surface area contributed by atoms with Gasteiger partial charge in [0, 0.05) is 5.41 Å². The normalized spacial score (nSPS) is 22.2. The quantitative estimate of drug-likeness (QED) is 0.778. The van der Waals surface area contributed by atoms with Crippen molar-refractivity contribution in [3.63, 3.8) is 0 Å². The second-order valence-corrected chi connectivity index (χ2v) is 4.44. The van der Waals surface area contributed by atoms with Gasteiger partial charge in [0.1, 0.15) is 5.76 Å². The number of hydrogen-bond donors (Lipinski definition) is 1. The third kappa shape index (κ3) is 4.06. The third-order valence-corrected chi connectivity index (χ3v) is 3.10. The van der Waals surface area contributed by atoms with Crippen LogP contribution in [0.4, 0.5) is 0 Å². The fourth-order valence-electron chi connectivity index (χ4n) is 1.55. The molecule has 0 spiro atoms. The van der Waals surface area contributed by atoms with Crippen molar-refractivity contribution in [2.24, 2.45) is 11.3 Å². The number of rotatable bonds is 4. The summed E-state index contributed by atoms with van der Waals surface area (Å²) in [6.07, 6.45) is 8.62.